The fraction of sp³-hybridized carbons (Fsp3) is 0.0556. The standard InChI is InChI=1S/C18H15BrN4O/c1-12-4-2-3-5-15(12)23-18(24)16-10-21-17(11-20-16)22-14-8-6-13(19)7-9-14/h2-11H,1H3,(H,21,22)(H,23,24). The van der Waals surface area contributed by atoms with E-state index in [0.717, 1.165) is 21.4 Å². The summed E-state index contributed by atoms with van der Waals surface area (Å²) in [7, 11) is 0. The molecule has 0 unspecified atom stereocenters. The molecule has 0 saturated heterocycles. The average molecular weight is 383 g/mol. The topological polar surface area (TPSA) is 66.9 Å². The van der Waals surface area contributed by atoms with Gasteiger partial charge in [0.2, 0.25) is 0 Å². The summed E-state index contributed by atoms with van der Waals surface area (Å²) in [6.07, 6.45) is 2.99. The van der Waals surface area contributed by atoms with Gasteiger partial charge >= 0.3 is 0 Å². The number of amides is 1. The van der Waals surface area contributed by atoms with Crippen LogP contribution in [0.5, 0.6) is 0 Å². The maximum Gasteiger partial charge on any atom is 0.275 e. The molecule has 0 aliphatic heterocycles. The fourth-order valence-electron chi connectivity index (χ4n) is 2.09. The summed E-state index contributed by atoms with van der Waals surface area (Å²) in [5.74, 6) is 0.289. The molecule has 6 heteroatoms. The molecule has 0 aliphatic rings. The van der Waals surface area contributed by atoms with Crippen molar-refractivity contribution in [3.8, 4) is 0 Å². The molecule has 24 heavy (non-hydrogen) atoms. The second-order valence-electron chi connectivity index (χ2n) is 5.19. The minimum absolute atomic E-state index is 0.264. The quantitative estimate of drug-likeness (QED) is 0.694. The lowest BCUT2D eigenvalue weighted by molar-refractivity contribution is 0.102. The van der Waals surface area contributed by atoms with E-state index >= 15 is 0 Å². The van der Waals surface area contributed by atoms with Crippen molar-refractivity contribution in [2.24, 2.45) is 0 Å². The molecular formula is C18H15BrN4O. The third-order valence-electron chi connectivity index (χ3n) is 3.39. The third-order valence-corrected chi connectivity index (χ3v) is 3.92. The number of carbonyl (C=O) groups is 1. The first-order chi connectivity index (χ1) is 11.6. The van der Waals surface area contributed by atoms with E-state index in [1.54, 1.807) is 0 Å². The lowest BCUT2D eigenvalue weighted by atomic mass is 10.2. The van der Waals surface area contributed by atoms with Gasteiger partial charge < -0.3 is 10.6 Å². The number of hydrogen-bond donors (Lipinski definition) is 2. The summed E-state index contributed by atoms with van der Waals surface area (Å²) in [6.45, 7) is 1.94. The molecule has 0 aliphatic carbocycles. The lowest BCUT2D eigenvalue weighted by Gasteiger charge is -2.08. The van der Waals surface area contributed by atoms with Crippen LogP contribution in [0.15, 0.2) is 65.4 Å². The average Bonchev–Trinajstić information content (AvgIpc) is 2.59. The van der Waals surface area contributed by atoms with Crippen LogP contribution in [0, 0.1) is 6.92 Å². The molecule has 0 atom stereocenters. The van der Waals surface area contributed by atoms with Gasteiger partial charge in [0, 0.05) is 15.8 Å². The summed E-state index contributed by atoms with van der Waals surface area (Å²) in [5.41, 5.74) is 2.91. The summed E-state index contributed by atoms with van der Waals surface area (Å²) in [6, 6.07) is 15.3. The Labute approximate surface area is 148 Å². The highest BCUT2D eigenvalue weighted by Gasteiger charge is 2.09. The van der Waals surface area contributed by atoms with Gasteiger partial charge in [-0.15, -0.1) is 0 Å². The Hall–Kier alpha value is -2.73. The van der Waals surface area contributed by atoms with Gasteiger partial charge in [-0.3, -0.25) is 4.79 Å². The number of benzene rings is 2. The molecule has 0 bridgehead atoms. The van der Waals surface area contributed by atoms with Crippen molar-refractivity contribution in [3.63, 3.8) is 0 Å². The van der Waals surface area contributed by atoms with Crippen LogP contribution in [0.25, 0.3) is 0 Å². The molecule has 3 rings (SSSR count). The monoisotopic (exact) mass is 382 g/mol. The van der Waals surface area contributed by atoms with Crippen molar-refractivity contribution in [1.82, 2.24) is 9.97 Å². The number of hydrogen-bond acceptors (Lipinski definition) is 4. The van der Waals surface area contributed by atoms with E-state index in [2.05, 4.69) is 36.5 Å². The number of aromatic nitrogens is 2. The fourth-order valence-corrected chi connectivity index (χ4v) is 2.35. The largest absolute Gasteiger partial charge is 0.339 e. The van der Waals surface area contributed by atoms with Crippen LogP contribution in [0.3, 0.4) is 0 Å². The second kappa shape index (κ2) is 7.23. The number of carbonyl (C=O) groups excluding carboxylic acids is 1. The molecule has 3 aromatic rings. The van der Waals surface area contributed by atoms with Crippen molar-refractivity contribution >= 4 is 39.0 Å². The number of para-hydroxylation sites is 1. The second-order valence-corrected chi connectivity index (χ2v) is 6.10. The molecule has 120 valence electrons. The van der Waals surface area contributed by atoms with Gasteiger partial charge in [-0.1, -0.05) is 34.1 Å². The third kappa shape index (κ3) is 3.97. The summed E-state index contributed by atoms with van der Waals surface area (Å²) < 4.78 is 1.00. The Morgan fingerprint density at radius 1 is 1.00 bits per heavy atom. The Bertz CT molecular complexity index is 848. The number of nitrogens with zero attached hydrogens (tertiary/aromatic N) is 2. The molecule has 1 amide bonds. The zero-order valence-corrected chi connectivity index (χ0v) is 14.5. The Balaban J connectivity index is 1.68. The lowest BCUT2D eigenvalue weighted by Crippen LogP contribution is -2.15. The van der Waals surface area contributed by atoms with Crippen molar-refractivity contribution in [3.05, 3.63) is 76.7 Å². The number of rotatable bonds is 4. The van der Waals surface area contributed by atoms with E-state index in [1.807, 2.05) is 55.5 Å². The zero-order chi connectivity index (χ0) is 16.9. The minimum atomic E-state index is -0.285. The van der Waals surface area contributed by atoms with Crippen LogP contribution in [-0.4, -0.2) is 15.9 Å². The first-order valence-corrected chi connectivity index (χ1v) is 8.13. The van der Waals surface area contributed by atoms with E-state index < -0.39 is 0 Å². The number of anilines is 3. The number of aryl methyl sites for hydroxylation is 1. The molecule has 0 saturated carbocycles. The predicted molar refractivity (Wildman–Crippen MR) is 98.6 cm³/mol. The maximum atomic E-state index is 12.2. The van der Waals surface area contributed by atoms with Gasteiger partial charge in [-0.2, -0.15) is 0 Å². The SMILES string of the molecule is Cc1ccccc1NC(=O)c1cnc(Nc2ccc(Br)cc2)cn1. The molecule has 1 heterocycles. The van der Waals surface area contributed by atoms with Crippen LogP contribution >= 0.6 is 15.9 Å². The first-order valence-electron chi connectivity index (χ1n) is 7.33. The molecule has 2 aromatic carbocycles. The number of nitrogens with one attached hydrogen (secondary N) is 2. The smallest absolute Gasteiger partial charge is 0.275 e. The molecule has 2 N–H and O–H groups in total. The Morgan fingerprint density at radius 3 is 2.42 bits per heavy atom. The Morgan fingerprint density at radius 2 is 1.75 bits per heavy atom. The van der Waals surface area contributed by atoms with Gasteiger partial charge in [-0.25, -0.2) is 9.97 Å². The summed E-state index contributed by atoms with van der Waals surface area (Å²) in [4.78, 5) is 20.6. The van der Waals surface area contributed by atoms with E-state index in [9.17, 15) is 4.79 Å². The normalized spacial score (nSPS) is 10.2. The van der Waals surface area contributed by atoms with Gasteiger partial charge in [-0.05, 0) is 42.8 Å². The van der Waals surface area contributed by atoms with Crippen molar-refractivity contribution in [2.45, 2.75) is 6.92 Å². The Kier molecular flexibility index (Phi) is 4.86. The van der Waals surface area contributed by atoms with Crippen molar-refractivity contribution in [1.29, 1.82) is 0 Å². The van der Waals surface area contributed by atoms with E-state index in [-0.39, 0.29) is 11.6 Å². The maximum absolute atomic E-state index is 12.2. The highest BCUT2D eigenvalue weighted by molar-refractivity contribution is 9.10. The zero-order valence-electron chi connectivity index (χ0n) is 13.0. The van der Waals surface area contributed by atoms with Crippen molar-refractivity contribution in [2.75, 3.05) is 10.6 Å². The first kappa shape index (κ1) is 16.1. The van der Waals surface area contributed by atoms with Crippen LogP contribution in [0.2, 0.25) is 0 Å². The van der Waals surface area contributed by atoms with E-state index in [4.69, 9.17) is 0 Å². The van der Waals surface area contributed by atoms with Gasteiger partial charge in [0.25, 0.3) is 5.91 Å². The minimum Gasteiger partial charge on any atom is -0.339 e. The molecule has 1 aromatic heterocycles. The predicted octanol–water partition coefficient (Wildman–Crippen LogP) is 4.54. The van der Waals surface area contributed by atoms with Gasteiger partial charge in [0.05, 0.1) is 12.4 Å². The van der Waals surface area contributed by atoms with Crippen LogP contribution in [-0.2, 0) is 0 Å². The summed E-state index contributed by atoms with van der Waals surface area (Å²) >= 11 is 3.39. The molecule has 0 fully saturated rings. The van der Waals surface area contributed by atoms with Gasteiger partial charge in [0.15, 0.2) is 0 Å². The summed E-state index contributed by atoms with van der Waals surface area (Å²) in [5, 5.41) is 5.96. The highest BCUT2D eigenvalue weighted by Crippen LogP contribution is 2.18. The van der Waals surface area contributed by atoms with Gasteiger partial charge in [0.1, 0.15) is 11.5 Å². The highest BCUT2D eigenvalue weighted by atomic mass is 79.9. The van der Waals surface area contributed by atoms with E-state index in [0.29, 0.717) is 5.82 Å². The van der Waals surface area contributed by atoms with Crippen molar-refractivity contribution < 1.29 is 4.79 Å². The molecule has 0 radical (unpaired) electrons. The number of halogens is 1. The molecule has 0 spiro atoms. The van der Waals surface area contributed by atoms with E-state index in [1.165, 1.54) is 12.4 Å². The molecular weight excluding hydrogens is 368 g/mol. The van der Waals surface area contributed by atoms with Crippen LogP contribution in [0.1, 0.15) is 16.1 Å². The van der Waals surface area contributed by atoms with Crippen LogP contribution in [0.4, 0.5) is 17.2 Å². The molecule has 5 nitrogen and oxygen atoms in total. The van der Waals surface area contributed by atoms with Crippen LogP contribution < -0.4 is 10.6 Å².